The molecule has 5 nitrogen and oxygen atoms in total. The van der Waals surface area contributed by atoms with E-state index in [9.17, 15) is 14.0 Å². The molecule has 2 rings (SSSR count). The average molecular weight is 266 g/mol. The molecular weight excluding hydrogens is 251 g/mol. The number of carboxylic acid groups (broad SMARTS) is 1. The highest BCUT2D eigenvalue weighted by Gasteiger charge is 2.26. The van der Waals surface area contributed by atoms with Gasteiger partial charge >= 0.3 is 12.0 Å². The molecule has 102 valence electrons. The average Bonchev–Trinajstić information content (AvgIpc) is 2.29. The Kier molecular flexibility index (Phi) is 3.69. The number of carbonyl (C=O) groups excluding carboxylic acids is 1. The summed E-state index contributed by atoms with van der Waals surface area (Å²) in [6.45, 7) is 2.10. The highest BCUT2D eigenvalue weighted by Crippen LogP contribution is 2.26. The largest absolute Gasteiger partial charge is 0.478 e. The molecule has 6 heteroatoms. The molecule has 1 fully saturated rings. The first-order valence-electron chi connectivity index (χ1n) is 6.06. The lowest BCUT2D eigenvalue weighted by Gasteiger charge is -2.33. The van der Waals surface area contributed by atoms with Crippen LogP contribution in [0.1, 0.15) is 30.1 Å². The number of nitrogens with one attached hydrogen (secondary N) is 2. The highest BCUT2D eigenvalue weighted by molar-refractivity contribution is 6.00. The van der Waals surface area contributed by atoms with Crippen LogP contribution in [0.15, 0.2) is 18.2 Å². The molecule has 1 saturated carbocycles. The Labute approximate surface area is 109 Å². The molecule has 0 saturated heterocycles. The Morgan fingerprint density at radius 3 is 2.63 bits per heavy atom. The summed E-state index contributed by atoms with van der Waals surface area (Å²) in [6, 6.07) is 2.88. The van der Waals surface area contributed by atoms with E-state index in [2.05, 4.69) is 17.6 Å². The van der Waals surface area contributed by atoms with Crippen molar-refractivity contribution >= 4 is 17.7 Å². The van der Waals surface area contributed by atoms with Crippen molar-refractivity contribution < 1.29 is 19.1 Å². The smallest absolute Gasteiger partial charge is 0.337 e. The van der Waals surface area contributed by atoms with Crippen molar-refractivity contribution in [2.75, 3.05) is 5.32 Å². The van der Waals surface area contributed by atoms with Crippen LogP contribution in [-0.2, 0) is 0 Å². The first kappa shape index (κ1) is 13.3. The van der Waals surface area contributed by atoms with Crippen molar-refractivity contribution in [1.29, 1.82) is 0 Å². The number of rotatable bonds is 3. The van der Waals surface area contributed by atoms with Crippen LogP contribution in [0.4, 0.5) is 14.9 Å². The molecule has 0 heterocycles. The van der Waals surface area contributed by atoms with Gasteiger partial charge in [-0.2, -0.15) is 0 Å². The molecule has 1 aromatic rings. The van der Waals surface area contributed by atoms with Gasteiger partial charge in [-0.3, -0.25) is 0 Å². The fraction of sp³-hybridized carbons (Fsp3) is 0.385. The second-order valence-corrected chi connectivity index (χ2v) is 4.87. The number of aromatic carboxylic acids is 1. The Hall–Kier alpha value is -2.11. The van der Waals surface area contributed by atoms with E-state index in [-0.39, 0.29) is 17.3 Å². The topological polar surface area (TPSA) is 78.4 Å². The van der Waals surface area contributed by atoms with Crippen LogP contribution in [-0.4, -0.2) is 23.1 Å². The lowest BCUT2D eigenvalue weighted by Crippen LogP contribution is -2.45. The molecule has 19 heavy (non-hydrogen) atoms. The molecule has 0 aliphatic heterocycles. The zero-order chi connectivity index (χ0) is 14.0. The molecule has 1 aliphatic carbocycles. The Balaban J connectivity index is 2.02. The Bertz CT molecular complexity index is 513. The molecule has 0 aromatic heterocycles. The summed E-state index contributed by atoms with van der Waals surface area (Å²) in [5.41, 5.74) is -0.184. The lowest BCUT2D eigenvalue weighted by atomic mass is 9.82. The minimum atomic E-state index is -1.29. The summed E-state index contributed by atoms with van der Waals surface area (Å²) < 4.78 is 13.0. The number of anilines is 1. The maximum Gasteiger partial charge on any atom is 0.337 e. The normalized spacial score (nSPS) is 21.4. The standard InChI is InChI=1S/C13H15FN2O3/c1-7-4-9(5-7)15-13(19)16-11-3-2-8(14)6-10(11)12(17)18/h2-3,6-7,9H,4-5H2,1H3,(H,17,18)(H2,15,16,19). The Morgan fingerprint density at radius 1 is 1.37 bits per heavy atom. The predicted molar refractivity (Wildman–Crippen MR) is 67.7 cm³/mol. The molecule has 0 radical (unpaired) electrons. The van der Waals surface area contributed by atoms with E-state index >= 15 is 0 Å². The quantitative estimate of drug-likeness (QED) is 0.786. The first-order chi connectivity index (χ1) is 8.95. The van der Waals surface area contributed by atoms with Gasteiger partial charge in [0.05, 0.1) is 11.3 Å². The fourth-order valence-electron chi connectivity index (χ4n) is 2.17. The van der Waals surface area contributed by atoms with Crippen molar-refractivity contribution in [2.45, 2.75) is 25.8 Å². The summed E-state index contributed by atoms with van der Waals surface area (Å²) in [5, 5.41) is 14.1. The van der Waals surface area contributed by atoms with E-state index in [1.807, 2.05) is 0 Å². The number of halogens is 1. The van der Waals surface area contributed by atoms with Crippen molar-refractivity contribution in [2.24, 2.45) is 5.92 Å². The fourth-order valence-corrected chi connectivity index (χ4v) is 2.17. The first-order valence-corrected chi connectivity index (χ1v) is 6.06. The molecule has 3 N–H and O–H groups in total. The summed E-state index contributed by atoms with van der Waals surface area (Å²) >= 11 is 0. The third kappa shape index (κ3) is 3.21. The zero-order valence-corrected chi connectivity index (χ0v) is 10.4. The van der Waals surface area contributed by atoms with Crippen molar-refractivity contribution in [1.82, 2.24) is 5.32 Å². The van der Waals surface area contributed by atoms with Crippen molar-refractivity contribution in [3.63, 3.8) is 0 Å². The summed E-state index contributed by atoms with van der Waals surface area (Å²) in [7, 11) is 0. The molecule has 1 aliphatic rings. The van der Waals surface area contributed by atoms with E-state index in [4.69, 9.17) is 5.11 Å². The third-order valence-corrected chi connectivity index (χ3v) is 3.17. The van der Waals surface area contributed by atoms with Gasteiger partial charge in [-0.05, 0) is 37.0 Å². The molecule has 0 spiro atoms. The van der Waals surface area contributed by atoms with Crippen LogP contribution in [0.5, 0.6) is 0 Å². The lowest BCUT2D eigenvalue weighted by molar-refractivity contribution is 0.0697. The summed E-state index contributed by atoms with van der Waals surface area (Å²) in [6.07, 6.45) is 1.84. The van der Waals surface area contributed by atoms with Crippen LogP contribution in [0, 0.1) is 11.7 Å². The van der Waals surface area contributed by atoms with E-state index in [1.165, 1.54) is 6.07 Å². The van der Waals surface area contributed by atoms with Crippen LogP contribution in [0.25, 0.3) is 0 Å². The summed E-state index contributed by atoms with van der Waals surface area (Å²) in [4.78, 5) is 22.6. The highest BCUT2D eigenvalue weighted by atomic mass is 19.1. The van der Waals surface area contributed by atoms with Crippen molar-refractivity contribution in [3.8, 4) is 0 Å². The Morgan fingerprint density at radius 2 is 2.05 bits per heavy atom. The molecule has 1 aromatic carbocycles. The minimum absolute atomic E-state index is 0.0822. The van der Waals surface area contributed by atoms with Crippen LogP contribution < -0.4 is 10.6 Å². The van der Waals surface area contributed by atoms with Crippen LogP contribution in [0.3, 0.4) is 0 Å². The van der Waals surface area contributed by atoms with E-state index in [1.54, 1.807) is 0 Å². The van der Waals surface area contributed by atoms with E-state index < -0.39 is 17.8 Å². The van der Waals surface area contributed by atoms with Gasteiger partial charge in [0.2, 0.25) is 0 Å². The van der Waals surface area contributed by atoms with Crippen LogP contribution >= 0.6 is 0 Å². The molecule has 2 amide bonds. The predicted octanol–water partition coefficient (Wildman–Crippen LogP) is 2.44. The number of hydrogen-bond acceptors (Lipinski definition) is 2. The number of carbonyl (C=O) groups is 2. The second-order valence-electron chi connectivity index (χ2n) is 4.87. The second kappa shape index (κ2) is 5.26. The summed E-state index contributed by atoms with van der Waals surface area (Å²) in [5.74, 6) is -1.34. The number of carboxylic acids is 1. The van der Waals surface area contributed by atoms with Gasteiger partial charge in [0.15, 0.2) is 0 Å². The monoisotopic (exact) mass is 266 g/mol. The van der Waals surface area contributed by atoms with Gasteiger partial charge in [-0.15, -0.1) is 0 Å². The molecular formula is C13H15FN2O3. The molecule has 0 bridgehead atoms. The van der Waals surface area contributed by atoms with Crippen molar-refractivity contribution in [3.05, 3.63) is 29.6 Å². The SMILES string of the molecule is CC1CC(NC(=O)Nc2ccc(F)cc2C(=O)O)C1. The maximum atomic E-state index is 13.0. The van der Waals surface area contributed by atoms with E-state index in [0.29, 0.717) is 5.92 Å². The van der Waals surface area contributed by atoms with Gasteiger partial charge in [-0.1, -0.05) is 6.92 Å². The van der Waals surface area contributed by atoms with Gasteiger partial charge in [0, 0.05) is 6.04 Å². The molecule has 0 unspecified atom stereocenters. The maximum absolute atomic E-state index is 13.0. The number of hydrogen-bond donors (Lipinski definition) is 3. The minimum Gasteiger partial charge on any atom is -0.478 e. The van der Waals surface area contributed by atoms with E-state index in [0.717, 1.165) is 25.0 Å². The third-order valence-electron chi connectivity index (χ3n) is 3.17. The van der Waals surface area contributed by atoms with Gasteiger partial charge in [-0.25, -0.2) is 14.0 Å². The number of urea groups is 1. The van der Waals surface area contributed by atoms with Gasteiger partial charge in [0.25, 0.3) is 0 Å². The number of benzene rings is 1. The number of amides is 2. The van der Waals surface area contributed by atoms with Gasteiger partial charge in [0.1, 0.15) is 5.82 Å². The van der Waals surface area contributed by atoms with Crippen LogP contribution in [0.2, 0.25) is 0 Å². The molecule has 0 atom stereocenters. The zero-order valence-electron chi connectivity index (χ0n) is 10.4. The van der Waals surface area contributed by atoms with Gasteiger partial charge < -0.3 is 15.7 Å².